The number of hydrogen-bond acceptors (Lipinski definition) is 9. The Kier molecular flexibility index (Phi) is 6.72. The van der Waals surface area contributed by atoms with E-state index in [0.717, 1.165) is 32.4 Å². The Bertz CT molecular complexity index is 1130. The van der Waals surface area contributed by atoms with E-state index >= 15 is 0 Å². The van der Waals surface area contributed by atoms with E-state index in [1.807, 2.05) is 0 Å². The normalized spacial score (nSPS) is 38.2. The second-order valence-electron chi connectivity index (χ2n) is 11.0. The molecule has 10 heteroatoms. The van der Waals surface area contributed by atoms with Crippen LogP contribution in [0.4, 0.5) is 0 Å². The van der Waals surface area contributed by atoms with Gasteiger partial charge in [-0.05, 0) is 56.7 Å². The molecule has 5 N–H and O–H groups in total. The first-order valence-corrected chi connectivity index (χ1v) is 13.1. The van der Waals surface area contributed by atoms with Crippen molar-refractivity contribution in [1.29, 1.82) is 0 Å². The zero-order valence-electron chi connectivity index (χ0n) is 20.9. The number of hydrogen-bond donors (Lipinski definition) is 5. The zero-order valence-corrected chi connectivity index (χ0v) is 20.9. The first kappa shape index (κ1) is 26.0. The Labute approximate surface area is 214 Å². The number of carbonyl (C=O) groups excluding carboxylic acids is 4. The highest BCUT2D eigenvalue weighted by atomic mass is 16.3. The molecular formula is C27H34N2O8. The van der Waals surface area contributed by atoms with E-state index in [4.69, 9.17) is 0 Å². The molecule has 1 amide bonds. The Morgan fingerprint density at radius 1 is 1.14 bits per heavy atom. The summed E-state index contributed by atoms with van der Waals surface area (Å²) < 4.78 is 0. The van der Waals surface area contributed by atoms with Gasteiger partial charge in [-0.2, -0.15) is 0 Å². The van der Waals surface area contributed by atoms with Crippen LogP contribution in [-0.2, 0) is 19.2 Å². The summed E-state index contributed by atoms with van der Waals surface area (Å²) in [5.74, 6) is -7.58. The van der Waals surface area contributed by atoms with Crippen LogP contribution in [-0.4, -0.2) is 93.1 Å². The van der Waals surface area contributed by atoms with Crippen LogP contribution in [0.1, 0.15) is 38.5 Å². The fourth-order valence-electron chi connectivity index (χ4n) is 7.05. The maximum atomic E-state index is 13.7. The number of aliphatic hydroxyl groups is 4. The highest BCUT2D eigenvalue weighted by Crippen LogP contribution is 2.53. The molecule has 10 nitrogen and oxygen atoms in total. The van der Waals surface area contributed by atoms with Crippen molar-refractivity contribution in [2.24, 2.45) is 23.7 Å². The molecule has 200 valence electrons. The average molecular weight is 515 g/mol. The number of amides is 1. The quantitative estimate of drug-likeness (QED) is 0.318. The Morgan fingerprint density at radius 2 is 1.84 bits per heavy atom. The summed E-state index contributed by atoms with van der Waals surface area (Å²) in [6, 6.07) is 0. The maximum absolute atomic E-state index is 13.7. The standard InChI is InChI=1S/C27H34N2O8/c1-28-26(36)22-18(31)11-14-9-13-10-16-15(19(32)12-29-7-3-2-4-8-29)5-6-17(30)21(16)23(33)20(13)24(34)27(14,37)25(22)35/h5-6,13-14,17-18,21-22,30-31,34,37H,2-4,7-12H2,1H3,(H,28,36). The number of nitrogens with zero attached hydrogens (tertiary/aromatic N) is 1. The molecule has 2 saturated carbocycles. The van der Waals surface area contributed by atoms with Crippen LogP contribution < -0.4 is 5.32 Å². The van der Waals surface area contributed by atoms with Crippen LogP contribution >= 0.6 is 0 Å². The van der Waals surface area contributed by atoms with E-state index < -0.39 is 64.7 Å². The van der Waals surface area contributed by atoms with Gasteiger partial charge in [-0.15, -0.1) is 0 Å². The van der Waals surface area contributed by atoms with Crippen LogP contribution in [0.5, 0.6) is 0 Å². The Hall–Kier alpha value is -2.66. The number of nitrogens with one attached hydrogen (secondary N) is 1. The minimum absolute atomic E-state index is 0.106. The monoisotopic (exact) mass is 514 g/mol. The zero-order chi connectivity index (χ0) is 26.6. The number of aliphatic hydroxyl groups excluding tert-OH is 3. The number of ketones is 3. The molecule has 0 bridgehead atoms. The van der Waals surface area contributed by atoms with Gasteiger partial charge in [-0.25, -0.2) is 0 Å². The number of piperidine rings is 1. The number of allylic oxidation sites excluding steroid dienone is 2. The highest BCUT2D eigenvalue weighted by molar-refractivity contribution is 6.11. The number of rotatable bonds is 4. The highest BCUT2D eigenvalue weighted by Gasteiger charge is 2.63. The fourth-order valence-corrected chi connectivity index (χ4v) is 7.05. The number of carbonyl (C=O) groups is 4. The Morgan fingerprint density at radius 3 is 2.51 bits per heavy atom. The van der Waals surface area contributed by atoms with Crippen LogP contribution in [0, 0.1) is 23.7 Å². The minimum atomic E-state index is -2.48. The topological polar surface area (TPSA) is 164 Å². The smallest absolute Gasteiger partial charge is 0.233 e. The lowest BCUT2D eigenvalue weighted by molar-refractivity contribution is -0.168. The van der Waals surface area contributed by atoms with Crippen molar-refractivity contribution in [1.82, 2.24) is 10.2 Å². The van der Waals surface area contributed by atoms with Gasteiger partial charge in [0.15, 0.2) is 23.0 Å². The van der Waals surface area contributed by atoms with Crippen molar-refractivity contribution in [2.45, 2.75) is 56.3 Å². The number of fused-ring (bicyclic) bond motifs is 3. The van der Waals surface area contributed by atoms with E-state index in [-0.39, 0.29) is 37.2 Å². The molecular weight excluding hydrogens is 480 g/mol. The predicted molar refractivity (Wildman–Crippen MR) is 130 cm³/mol. The summed E-state index contributed by atoms with van der Waals surface area (Å²) in [7, 11) is 1.30. The van der Waals surface area contributed by atoms with E-state index in [0.29, 0.717) is 11.1 Å². The van der Waals surface area contributed by atoms with E-state index in [2.05, 4.69) is 10.2 Å². The number of likely N-dealkylation sites (tertiary alicyclic amines) is 1. The molecule has 0 aromatic carbocycles. The van der Waals surface area contributed by atoms with Gasteiger partial charge in [0, 0.05) is 24.1 Å². The van der Waals surface area contributed by atoms with Gasteiger partial charge in [-0.1, -0.05) is 18.6 Å². The van der Waals surface area contributed by atoms with Crippen LogP contribution in [0.15, 0.2) is 34.6 Å². The van der Waals surface area contributed by atoms with Gasteiger partial charge in [0.25, 0.3) is 0 Å². The van der Waals surface area contributed by atoms with Gasteiger partial charge in [0.1, 0.15) is 11.7 Å². The van der Waals surface area contributed by atoms with Crippen molar-refractivity contribution in [3.05, 3.63) is 34.6 Å². The second-order valence-corrected chi connectivity index (χ2v) is 11.0. The molecule has 0 aromatic rings. The lowest BCUT2D eigenvalue weighted by atomic mass is 9.56. The summed E-state index contributed by atoms with van der Waals surface area (Å²) in [5.41, 5.74) is -1.71. The Balaban J connectivity index is 1.51. The molecule has 7 atom stereocenters. The molecule has 5 aliphatic rings. The summed E-state index contributed by atoms with van der Waals surface area (Å²) in [4.78, 5) is 54.6. The molecule has 1 heterocycles. The fraction of sp³-hybridized carbons (Fsp3) is 0.630. The summed E-state index contributed by atoms with van der Waals surface area (Å²) in [6.07, 6.45) is 3.79. The second kappa shape index (κ2) is 9.58. The molecule has 0 radical (unpaired) electrons. The summed E-state index contributed by atoms with van der Waals surface area (Å²) in [5, 5.41) is 46.2. The molecule has 5 rings (SSSR count). The van der Waals surface area contributed by atoms with E-state index in [1.54, 1.807) is 6.08 Å². The van der Waals surface area contributed by atoms with Gasteiger partial charge >= 0.3 is 0 Å². The largest absolute Gasteiger partial charge is 0.508 e. The molecule has 0 spiro atoms. The first-order chi connectivity index (χ1) is 17.6. The molecule has 7 unspecified atom stereocenters. The van der Waals surface area contributed by atoms with Gasteiger partial charge in [0.05, 0.1) is 24.7 Å². The molecule has 1 aliphatic heterocycles. The van der Waals surface area contributed by atoms with Gasteiger partial charge < -0.3 is 25.7 Å². The van der Waals surface area contributed by atoms with Crippen molar-refractivity contribution in [3.63, 3.8) is 0 Å². The van der Waals surface area contributed by atoms with Crippen molar-refractivity contribution < 1.29 is 39.6 Å². The molecule has 4 aliphatic carbocycles. The van der Waals surface area contributed by atoms with Crippen LogP contribution in [0.2, 0.25) is 0 Å². The maximum Gasteiger partial charge on any atom is 0.233 e. The van der Waals surface area contributed by atoms with E-state index in [9.17, 15) is 39.6 Å². The van der Waals surface area contributed by atoms with Crippen molar-refractivity contribution in [2.75, 3.05) is 26.7 Å². The average Bonchev–Trinajstić information content (AvgIpc) is 2.86. The lowest BCUT2D eigenvalue weighted by Crippen LogP contribution is -2.63. The van der Waals surface area contributed by atoms with Crippen molar-refractivity contribution in [3.8, 4) is 0 Å². The summed E-state index contributed by atoms with van der Waals surface area (Å²) in [6.45, 7) is 1.89. The minimum Gasteiger partial charge on any atom is -0.508 e. The molecule has 3 fully saturated rings. The van der Waals surface area contributed by atoms with Gasteiger partial charge in [-0.3, -0.25) is 24.1 Å². The summed E-state index contributed by atoms with van der Waals surface area (Å²) >= 11 is 0. The first-order valence-electron chi connectivity index (χ1n) is 13.1. The predicted octanol–water partition coefficient (Wildman–Crippen LogP) is -0.267. The molecule has 37 heavy (non-hydrogen) atoms. The van der Waals surface area contributed by atoms with E-state index in [1.165, 1.54) is 13.1 Å². The molecule has 0 aromatic heterocycles. The molecule has 1 saturated heterocycles. The number of Topliss-reactive ketones (excluding diaryl/α,β-unsaturated/α-hetero) is 3. The van der Waals surface area contributed by atoms with Crippen molar-refractivity contribution >= 4 is 23.3 Å². The third-order valence-corrected chi connectivity index (χ3v) is 8.94. The van der Waals surface area contributed by atoms with Crippen LogP contribution in [0.25, 0.3) is 0 Å². The van der Waals surface area contributed by atoms with Crippen LogP contribution in [0.3, 0.4) is 0 Å². The van der Waals surface area contributed by atoms with Gasteiger partial charge in [0.2, 0.25) is 5.91 Å². The third-order valence-electron chi connectivity index (χ3n) is 8.94. The third kappa shape index (κ3) is 4.01. The lowest BCUT2D eigenvalue weighted by Gasteiger charge is -2.50. The SMILES string of the molecule is CNC(=O)C1C(=O)C2(O)C(O)=C3C(=O)C4C(=C(C(=O)CN5CCCCC5)C=CC4O)CC3CC2CC1O.